The molecule has 80 valence electrons. The van der Waals surface area contributed by atoms with Gasteiger partial charge in [0, 0.05) is 4.88 Å². The average molecular weight is 230 g/mol. The molecule has 1 aromatic heterocycles. The van der Waals surface area contributed by atoms with Gasteiger partial charge in [0.25, 0.3) is 5.84 Å². The first-order chi connectivity index (χ1) is 7.74. The molecule has 16 heavy (non-hydrogen) atoms. The van der Waals surface area contributed by atoms with Crippen LogP contribution in [0.4, 0.5) is 16.4 Å². The van der Waals surface area contributed by atoms with E-state index in [1.807, 2.05) is 24.3 Å². The van der Waals surface area contributed by atoms with Crippen LogP contribution in [-0.4, -0.2) is 5.84 Å². The SMILES string of the molecule is Cc1cc2c(s1)Nc1ccccc1[NH+]=C2N. The second kappa shape index (κ2) is 3.35. The number of amidine groups is 1. The summed E-state index contributed by atoms with van der Waals surface area (Å²) in [7, 11) is 0. The Morgan fingerprint density at radius 1 is 1.31 bits per heavy atom. The quantitative estimate of drug-likeness (QED) is 0.637. The molecule has 0 saturated carbocycles. The van der Waals surface area contributed by atoms with E-state index < -0.39 is 0 Å². The van der Waals surface area contributed by atoms with Crippen molar-refractivity contribution in [3.8, 4) is 0 Å². The van der Waals surface area contributed by atoms with E-state index >= 15 is 0 Å². The number of nitrogens with two attached hydrogens (primary N) is 1. The minimum Gasteiger partial charge on any atom is -0.343 e. The van der Waals surface area contributed by atoms with E-state index in [1.165, 1.54) is 4.88 Å². The molecule has 3 nitrogen and oxygen atoms in total. The molecular weight excluding hydrogens is 218 g/mol. The molecule has 0 spiro atoms. The number of fused-ring (bicyclic) bond motifs is 2. The highest BCUT2D eigenvalue weighted by Crippen LogP contribution is 2.32. The number of nitrogens with one attached hydrogen (secondary N) is 2. The highest BCUT2D eigenvalue weighted by atomic mass is 32.1. The number of thiophene rings is 1. The van der Waals surface area contributed by atoms with Crippen molar-refractivity contribution >= 4 is 33.5 Å². The topological polar surface area (TPSA) is 52.0 Å². The zero-order valence-electron chi connectivity index (χ0n) is 8.87. The van der Waals surface area contributed by atoms with Gasteiger partial charge in [0.1, 0.15) is 10.7 Å². The molecule has 1 aliphatic heterocycles. The largest absolute Gasteiger partial charge is 0.343 e. The third-order valence-corrected chi connectivity index (χ3v) is 3.56. The van der Waals surface area contributed by atoms with Crippen LogP contribution in [0.2, 0.25) is 0 Å². The Morgan fingerprint density at radius 3 is 3.00 bits per heavy atom. The Labute approximate surface area is 97.6 Å². The molecule has 2 aromatic rings. The lowest BCUT2D eigenvalue weighted by Crippen LogP contribution is -2.69. The highest BCUT2D eigenvalue weighted by Gasteiger charge is 2.19. The molecule has 4 N–H and O–H groups in total. The molecular formula is C12H12N3S+. The van der Waals surface area contributed by atoms with E-state index in [-0.39, 0.29) is 0 Å². The Kier molecular flexibility index (Phi) is 1.97. The van der Waals surface area contributed by atoms with E-state index in [1.54, 1.807) is 11.3 Å². The fraction of sp³-hybridized carbons (Fsp3) is 0.0833. The van der Waals surface area contributed by atoms with Crippen LogP contribution in [0, 0.1) is 6.92 Å². The minimum absolute atomic E-state index is 0.705. The van der Waals surface area contributed by atoms with Crippen molar-refractivity contribution in [3.63, 3.8) is 0 Å². The van der Waals surface area contributed by atoms with Crippen molar-refractivity contribution in [1.29, 1.82) is 0 Å². The third-order valence-electron chi connectivity index (χ3n) is 2.59. The van der Waals surface area contributed by atoms with Gasteiger partial charge in [0.15, 0.2) is 0 Å². The van der Waals surface area contributed by atoms with Gasteiger partial charge in [-0.2, -0.15) is 0 Å². The maximum atomic E-state index is 6.05. The lowest BCUT2D eigenvalue weighted by Gasteiger charge is -2.02. The molecule has 0 amide bonds. The standard InChI is InChI=1S/C12H11N3S/c1-7-6-8-11(13)14-9-4-2-3-5-10(9)15-12(8)16-7/h2-6,15H,1H3,(H2,13,14)/p+1. The maximum Gasteiger partial charge on any atom is 0.281 e. The number of anilines is 2. The van der Waals surface area contributed by atoms with Gasteiger partial charge in [-0.1, -0.05) is 12.1 Å². The van der Waals surface area contributed by atoms with Gasteiger partial charge < -0.3 is 5.32 Å². The summed E-state index contributed by atoms with van der Waals surface area (Å²) < 4.78 is 0. The molecule has 2 heterocycles. The fourth-order valence-electron chi connectivity index (χ4n) is 1.84. The highest BCUT2D eigenvalue weighted by molar-refractivity contribution is 7.16. The van der Waals surface area contributed by atoms with Crippen molar-refractivity contribution in [2.75, 3.05) is 5.32 Å². The van der Waals surface area contributed by atoms with E-state index in [4.69, 9.17) is 5.73 Å². The van der Waals surface area contributed by atoms with Crippen LogP contribution in [0.1, 0.15) is 10.4 Å². The van der Waals surface area contributed by atoms with Crippen molar-refractivity contribution in [2.45, 2.75) is 6.92 Å². The molecule has 0 bridgehead atoms. The first kappa shape index (κ1) is 9.42. The number of hydrogen-bond donors (Lipinski definition) is 3. The number of nitrogen functional groups attached to an aromatic ring is 1. The summed E-state index contributed by atoms with van der Waals surface area (Å²) in [6.07, 6.45) is 0. The summed E-state index contributed by atoms with van der Waals surface area (Å²) in [6, 6.07) is 10.2. The van der Waals surface area contributed by atoms with Crippen LogP contribution in [0.3, 0.4) is 0 Å². The van der Waals surface area contributed by atoms with Gasteiger partial charge in [-0.15, -0.1) is 11.3 Å². The molecule has 1 aromatic carbocycles. The van der Waals surface area contributed by atoms with Gasteiger partial charge in [0.05, 0.1) is 11.3 Å². The molecule has 1 aliphatic rings. The Bertz CT molecular complexity index is 584. The Hall–Kier alpha value is -1.81. The molecule has 0 unspecified atom stereocenters. The van der Waals surface area contributed by atoms with Crippen molar-refractivity contribution in [2.24, 2.45) is 5.73 Å². The van der Waals surface area contributed by atoms with Crippen LogP contribution >= 0.6 is 11.3 Å². The first-order valence-electron chi connectivity index (χ1n) is 5.10. The summed E-state index contributed by atoms with van der Waals surface area (Å²) in [4.78, 5) is 4.48. The van der Waals surface area contributed by atoms with E-state index in [9.17, 15) is 0 Å². The lowest BCUT2D eigenvalue weighted by atomic mass is 10.3. The van der Waals surface area contributed by atoms with Gasteiger partial charge in [-0.3, -0.25) is 5.73 Å². The maximum absolute atomic E-state index is 6.05. The second-order valence-electron chi connectivity index (χ2n) is 3.81. The fourth-order valence-corrected chi connectivity index (χ4v) is 2.78. The number of aryl methyl sites for hydroxylation is 1. The number of para-hydroxylation sites is 2. The first-order valence-corrected chi connectivity index (χ1v) is 5.92. The average Bonchev–Trinajstić information content (AvgIpc) is 2.57. The molecule has 0 aliphatic carbocycles. The Balaban J connectivity index is 2.24. The van der Waals surface area contributed by atoms with Gasteiger partial charge >= 0.3 is 0 Å². The minimum atomic E-state index is 0.705. The van der Waals surface area contributed by atoms with Crippen LogP contribution < -0.4 is 16.0 Å². The summed E-state index contributed by atoms with van der Waals surface area (Å²) >= 11 is 1.72. The van der Waals surface area contributed by atoms with Crippen molar-refractivity contribution in [1.82, 2.24) is 0 Å². The molecule has 3 rings (SSSR count). The monoisotopic (exact) mass is 230 g/mol. The third kappa shape index (κ3) is 1.39. The van der Waals surface area contributed by atoms with Crippen molar-refractivity contribution in [3.05, 3.63) is 40.8 Å². The number of hydrogen-bond acceptors (Lipinski definition) is 3. The molecule has 0 atom stereocenters. The predicted molar refractivity (Wildman–Crippen MR) is 67.7 cm³/mol. The number of rotatable bonds is 0. The molecule has 0 fully saturated rings. The van der Waals surface area contributed by atoms with Crippen LogP contribution in [-0.2, 0) is 0 Å². The zero-order valence-corrected chi connectivity index (χ0v) is 9.69. The van der Waals surface area contributed by atoms with Crippen LogP contribution in [0.5, 0.6) is 0 Å². The van der Waals surface area contributed by atoms with E-state index in [0.717, 1.165) is 21.9 Å². The van der Waals surface area contributed by atoms with E-state index in [2.05, 4.69) is 23.3 Å². The second-order valence-corrected chi connectivity index (χ2v) is 5.07. The number of benzene rings is 1. The van der Waals surface area contributed by atoms with Gasteiger partial charge in [-0.05, 0) is 25.1 Å². The zero-order chi connectivity index (χ0) is 11.1. The molecule has 4 heteroatoms. The smallest absolute Gasteiger partial charge is 0.281 e. The Morgan fingerprint density at radius 2 is 2.12 bits per heavy atom. The van der Waals surface area contributed by atoms with Gasteiger partial charge in [0.2, 0.25) is 0 Å². The van der Waals surface area contributed by atoms with Crippen LogP contribution in [0.15, 0.2) is 30.3 Å². The summed E-state index contributed by atoms with van der Waals surface area (Å²) in [5.74, 6) is 0.705. The summed E-state index contributed by atoms with van der Waals surface area (Å²) in [5.41, 5.74) is 9.18. The normalized spacial score (nSPS) is 13.2. The molecule has 0 radical (unpaired) electrons. The van der Waals surface area contributed by atoms with Gasteiger partial charge in [-0.25, -0.2) is 4.99 Å². The summed E-state index contributed by atoms with van der Waals surface area (Å²) in [5, 5.41) is 4.51. The summed E-state index contributed by atoms with van der Waals surface area (Å²) in [6.45, 7) is 2.08. The lowest BCUT2D eigenvalue weighted by molar-refractivity contribution is -0.352. The van der Waals surface area contributed by atoms with Crippen molar-refractivity contribution < 1.29 is 4.99 Å². The van der Waals surface area contributed by atoms with Crippen LogP contribution in [0.25, 0.3) is 0 Å². The van der Waals surface area contributed by atoms with E-state index in [0.29, 0.717) is 5.84 Å². The molecule has 0 saturated heterocycles. The predicted octanol–water partition coefficient (Wildman–Crippen LogP) is 1.23.